The molecular weight excluding hydrogens is 230 g/mol. The van der Waals surface area contributed by atoms with E-state index in [1.54, 1.807) is 6.92 Å². The first-order valence-corrected chi connectivity index (χ1v) is 5.96. The van der Waals surface area contributed by atoms with E-state index >= 15 is 0 Å². The van der Waals surface area contributed by atoms with Crippen LogP contribution in [-0.4, -0.2) is 6.21 Å². The van der Waals surface area contributed by atoms with E-state index in [2.05, 4.69) is 35.5 Å². The van der Waals surface area contributed by atoms with Gasteiger partial charge in [0.1, 0.15) is 0 Å². The monoisotopic (exact) mass is 243 g/mol. The van der Waals surface area contributed by atoms with E-state index in [1.165, 1.54) is 11.1 Å². The van der Waals surface area contributed by atoms with Crippen molar-refractivity contribution in [2.24, 2.45) is 0 Å². The lowest BCUT2D eigenvalue weighted by atomic mass is 10.0. The third-order valence-electron chi connectivity index (χ3n) is 2.58. The lowest BCUT2D eigenvalue weighted by Gasteiger charge is -2.05. The van der Waals surface area contributed by atoms with Crippen LogP contribution in [0.25, 0.3) is 11.1 Å². The standard InChI is InChI=1S/C15H14ClN/c1-2-17-15(16)14-10-8-13(9-11-14)12-6-4-3-5-7-12/h3-11,15,17H,1H3. The maximum atomic E-state index is 6.13. The Labute approximate surface area is 107 Å². The van der Waals surface area contributed by atoms with Gasteiger partial charge in [-0.3, -0.25) is 0 Å². The van der Waals surface area contributed by atoms with Gasteiger partial charge in [0.05, 0.1) is 0 Å². The summed E-state index contributed by atoms with van der Waals surface area (Å²) < 4.78 is 0. The molecule has 2 aromatic carbocycles. The van der Waals surface area contributed by atoms with Crippen LogP contribution in [0, 0.1) is 0 Å². The summed E-state index contributed by atoms with van der Waals surface area (Å²) in [7, 11) is 0. The number of halogens is 1. The van der Waals surface area contributed by atoms with Crippen LogP contribution in [0.15, 0.2) is 54.6 Å². The van der Waals surface area contributed by atoms with Crippen LogP contribution in [0.2, 0.25) is 0 Å². The summed E-state index contributed by atoms with van der Waals surface area (Å²) in [6, 6.07) is 18.5. The van der Waals surface area contributed by atoms with E-state index in [0.717, 1.165) is 5.56 Å². The maximum absolute atomic E-state index is 6.13. The fourth-order valence-corrected chi connectivity index (χ4v) is 1.94. The third kappa shape index (κ3) is 2.95. The topological polar surface area (TPSA) is 14.0 Å². The van der Waals surface area contributed by atoms with Crippen molar-refractivity contribution in [1.29, 1.82) is 0 Å². The molecule has 0 heterocycles. The average Bonchev–Trinajstić information content (AvgIpc) is 2.40. The first-order chi connectivity index (χ1) is 8.31. The molecule has 0 aromatic heterocycles. The molecule has 0 amide bonds. The van der Waals surface area contributed by atoms with Gasteiger partial charge in [0.2, 0.25) is 5.50 Å². The van der Waals surface area contributed by atoms with Crippen LogP contribution in [0.1, 0.15) is 18.0 Å². The summed E-state index contributed by atoms with van der Waals surface area (Å²) in [5.41, 5.74) is 3.24. The number of alkyl halides is 1. The van der Waals surface area contributed by atoms with Crippen LogP contribution >= 0.6 is 11.6 Å². The zero-order valence-electron chi connectivity index (χ0n) is 9.65. The fourth-order valence-electron chi connectivity index (χ4n) is 1.69. The molecule has 17 heavy (non-hydrogen) atoms. The van der Waals surface area contributed by atoms with E-state index in [-0.39, 0.29) is 5.50 Å². The van der Waals surface area contributed by atoms with E-state index in [9.17, 15) is 0 Å². The molecule has 0 spiro atoms. The minimum atomic E-state index is -0.218. The third-order valence-corrected chi connectivity index (χ3v) is 2.94. The van der Waals surface area contributed by atoms with E-state index in [1.807, 2.05) is 30.3 Å². The van der Waals surface area contributed by atoms with Gasteiger partial charge in [-0.15, -0.1) is 6.92 Å². The lowest BCUT2D eigenvalue weighted by molar-refractivity contribution is -0.478. The van der Waals surface area contributed by atoms with Gasteiger partial charge >= 0.3 is 0 Å². The lowest BCUT2D eigenvalue weighted by Crippen LogP contribution is -2.68. The molecule has 2 heteroatoms. The molecule has 1 N–H and O–H groups in total. The zero-order valence-corrected chi connectivity index (χ0v) is 10.4. The Morgan fingerprint density at radius 2 is 1.53 bits per heavy atom. The van der Waals surface area contributed by atoms with Gasteiger partial charge in [0.25, 0.3) is 0 Å². The normalized spacial score (nSPS) is 12.8. The quantitative estimate of drug-likeness (QED) is 0.369. The Kier molecular flexibility index (Phi) is 3.94. The van der Waals surface area contributed by atoms with Gasteiger partial charge in [0, 0.05) is 5.56 Å². The molecule has 0 aliphatic rings. The van der Waals surface area contributed by atoms with Gasteiger partial charge in [0.15, 0.2) is 0 Å². The molecule has 0 bridgehead atoms. The highest BCUT2D eigenvalue weighted by atomic mass is 35.5. The van der Waals surface area contributed by atoms with Crippen molar-refractivity contribution in [3.8, 4) is 11.1 Å². The summed E-state index contributed by atoms with van der Waals surface area (Å²) in [4.78, 5) is 2.94. The molecule has 0 saturated heterocycles. The number of hydrogen-bond acceptors (Lipinski definition) is 0. The summed E-state index contributed by atoms with van der Waals surface area (Å²) in [6.45, 7) is 1.80. The van der Waals surface area contributed by atoms with Gasteiger partial charge in [-0.25, -0.2) is 6.21 Å². The van der Waals surface area contributed by atoms with Crippen LogP contribution in [0.3, 0.4) is 0 Å². The van der Waals surface area contributed by atoms with E-state index in [4.69, 9.17) is 11.6 Å². The first-order valence-electron chi connectivity index (χ1n) is 5.53. The van der Waals surface area contributed by atoms with Gasteiger partial charge in [-0.05, 0) is 22.7 Å². The summed E-state index contributed by atoms with van der Waals surface area (Å²) >= 11 is 6.13. The second-order valence-corrected chi connectivity index (χ2v) is 4.18. The Balaban J connectivity index is 2.25. The fraction of sp³-hybridized carbons (Fsp3) is 0.133. The molecule has 0 fully saturated rings. The average molecular weight is 244 g/mol. The molecule has 2 aromatic rings. The highest BCUT2D eigenvalue weighted by Gasteiger charge is 2.06. The Morgan fingerprint density at radius 3 is 2.12 bits per heavy atom. The number of benzene rings is 2. The minimum Gasteiger partial charge on any atom is -0.407 e. The Hall–Kier alpha value is -1.60. The van der Waals surface area contributed by atoms with E-state index < -0.39 is 0 Å². The first kappa shape index (κ1) is 11.9. The Morgan fingerprint density at radius 1 is 0.941 bits per heavy atom. The Bertz CT molecular complexity index is 488. The summed E-state index contributed by atoms with van der Waals surface area (Å²) in [5, 5.41) is 0. The second-order valence-electron chi connectivity index (χ2n) is 3.74. The van der Waals surface area contributed by atoms with Crippen LogP contribution < -0.4 is 4.99 Å². The number of rotatable bonds is 3. The molecule has 1 unspecified atom stereocenters. The van der Waals surface area contributed by atoms with Gasteiger partial charge in [-0.1, -0.05) is 54.6 Å². The summed E-state index contributed by atoms with van der Waals surface area (Å²) in [6.07, 6.45) is 2.83. The van der Waals surface area contributed by atoms with Crippen LogP contribution in [0.5, 0.6) is 0 Å². The van der Waals surface area contributed by atoms with Crippen molar-refractivity contribution < 1.29 is 4.99 Å². The SMILES string of the molecule is C[C-]=[NH+]C(Cl)c1ccc(-c2ccccc2)cc1. The minimum absolute atomic E-state index is 0.218. The number of nitrogens with one attached hydrogen (secondary N) is 1. The maximum Gasteiger partial charge on any atom is 0.221 e. The predicted octanol–water partition coefficient (Wildman–Crippen LogP) is 2.64. The molecular formula is C15H14ClN. The van der Waals surface area contributed by atoms with Gasteiger partial charge < -0.3 is 4.99 Å². The smallest absolute Gasteiger partial charge is 0.221 e. The molecule has 0 saturated carbocycles. The summed E-state index contributed by atoms with van der Waals surface area (Å²) in [5.74, 6) is 0. The molecule has 0 aliphatic carbocycles. The van der Waals surface area contributed by atoms with Crippen molar-refractivity contribution in [1.82, 2.24) is 0 Å². The van der Waals surface area contributed by atoms with Crippen molar-refractivity contribution in [3.05, 3.63) is 60.2 Å². The second kappa shape index (κ2) is 5.65. The van der Waals surface area contributed by atoms with Crippen molar-refractivity contribution in [3.63, 3.8) is 0 Å². The predicted molar refractivity (Wildman–Crippen MR) is 72.1 cm³/mol. The molecule has 1 nitrogen and oxygen atoms in total. The van der Waals surface area contributed by atoms with Crippen molar-refractivity contribution >= 4 is 17.8 Å². The largest absolute Gasteiger partial charge is 0.407 e. The highest BCUT2D eigenvalue weighted by Crippen LogP contribution is 2.21. The molecule has 86 valence electrons. The van der Waals surface area contributed by atoms with Crippen molar-refractivity contribution in [2.45, 2.75) is 12.4 Å². The molecule has 0 aliphatic heterocycles. The highest BCUT2D eigenvalue weighted by molar-refractivity contribution is 6.19. The van der Waals surface area contributed by atoms with Gasteiger partial charge in [-0.2, -0.15) is 0 Å². The number of hydrogen-bond donors (Lipinski definition) is 1. The van der Waals surface area contributed by atoms with Crippen LogP contribution in [-0.2, 0) is 0 Å². The van der Waals surface area contributed by atoms with Crippen molar-refractivity contribution in [2.75, 3.05) is 0 Å². The molecule has 0 radical (unpaired) electrons. The molecule has 2 rings (SSSR count). The zero-order chi connectivity index (χ0) is 12.1. The van der Waals surface area contributed by atoms with E-state index in [0.29, 0.717) is 0 Å². The molecule has 1 atom stereocenters. The van der Waals surface area contributed by atoms with Crippen LogP contribution in [0.4, 0.5) is 0 Å².